The van der Waals surface area contributed by atoms with Gasteiger partial charge in [0.2, 0.25) is 0 Å². The highest BCUT2D eigenvalue weighted by atomic mass is 16.5. The van der Waals surface area contributed by atoms with E-state index < -0.39 is 0 Å². The Bertz CT molecular complexity index is 54.2. The molecular weight excluding hydrogens is 122 g/mol. The molecule has 0 aromatic carbocycles. The second-order valence-electron chi connectivity index (χ2n) is 1.85. The van der Waals surface area contributed by atoms with E-state index in [1.54, 1.807) is 0 Å². The van der Waals surface area contributed by atoms with Crippen LogP contribution in [0.5, 0.6) is 0 Å². The molecule has 0 aliphatic heterocycles. The highest BCUT2D eigenvalue weighted by Gasteiger charge is 2.03. The van der Waals surface area contributed by atoms with E-state index in [0.717, 1.165) is 0 Å². The fourth-order valence-corrected chi connectivity index (χ4v) is 0.585. The van der Waals surface area contributed by atoms with E-state index >= 15 is 0 Å². The van der Waals surface area contributed by atoms with Gasteiger partial charge in [-0.2, -0.15) is 0 Å². The molecule has 0 saturated carbocycles. The van der Waals surface area contributed by atoms with Crippen LogP contribution in [-0.2, 0) is 0 Å². The van der Waals surface area contributed by atoms with Crippen LogP contribution in [0.1, 0.15) is 12.8 Å². The molecule has 0 atom stereocenters. The van der Waals surface area contributed by atoms with Gasteiger partial charge in [0.1, 0.15) is 0 Å². The minimum absolute atomic E-state index is 0.0260. The van der Waals surface area contributed by atoms with Gasteiger partial charge in [-0.1, -0.05) is 0 Å². The summed E-state index contributed by atoms with van der Waals surface area (Å²) in [6.07, 6.45) is 0.939. The van der Waals surface area contributed by atoms with Gasteiger partial charge in [0.25, 0.3) is 0 Å². The third-order valence-corrected chi connectivity index (χ3v) is 1.14. The van der Waals surface area contributed by atoms with Gasteiger partial charge in [0.15, 0.2) is 0 Å². The van der Waals surface area contributed by atoms with Crippen LogP contribution in [0.2, 0.25) is 0 Å². The average molecular weight is 135 g/mol. The maximum atomic E-state index is 8.36. The Balaban J connectivity index is 3.18. The van der Waals surface area contributed by atoms with Crippen LogP contribution in [0.4, 0.5) is 0 Å². The Kier molecular flexibility index (Phi) is 5.86. The predicted octanol–water partition coefficient (Wildman–Crippen LogP) is -0.901. The summed E-state index contributed by atoms with van der Waals surface area (Å²) in [4.78, 5) is 0. The van der Waals surface area contributed by atoms with Crippen LogP contribution in [0.25, 0.3) is 0 Å². The lowest BCUT2D eigenvalue weighted by Gasteiger charge is -2.10. The summed E-state index contributed by atoms with van der Waals surface area (Å²) in [5, 5.41) is 25.0. The minimum atomic E-state index is -0.181. The number of hydrogen-bond acceptors (Lipinski definition) is 4. The summed E-state index contributed by atoms with van der Waals surface area (Å²) in [7, 11) is 0. The highest BCUT2D eigenvalue weighted by molar-refractivity contribution is 4.59. The molecule has 0 saturated heterocycles. The molecule has 56 valence electrons. The molecule has 0 fully saturated rings. The lowest BCUT2D eigenvalue weighted by Crippen LogP contribution is -2.27. The van der Waals surface area contributed by atoms with Crippen LogP contribution >= 0.6 is 0 Å². The maximum Gasteiger partial charge on any atom is 0.0446 e. The quantitative estimate of drug-likeness (QED) is 0.369. The first kappa shape index (κ1) is 8.84. The van der Waals surface area contributed by atoms with Crippen molar-refractivity contribution in [2.24, 2.45) is 0 Å². The zero-order chi connectivity index (χ0) is 7.11. The molecule has 0 spiro atoms. The molecule has 4 nitrogen and oxygen atoms in total. The van der Waals surface area contributed by atoms with Gasteiger partial charge in [-0.25, -0.2) is 5.48 Å². The molecule has 0 aliphatic rings. The van der Waals surface area contributed by atoms with Crippen molar-refractivity contribution in [3.8, 4) is 0 Å². The van der Waals surface area contributed by atoms with Gasteiger partial charge in [-0.3, -0.25) is 0 Å². The topological polar surface area (TPSA) is 72.7 Å². The lowest BCUT2D eigenvalue weighted by molar-refractivity contribution is 0.0947. The molecule has 0 radical (unpaired) electrons. The molecule has 0 aromatic heterocycles. The summed E-state index contributed by atoms with van der Waals surface area (Å²) in [5.41, 5.74) is 1.98. The van der Waals surface area contributed by atoms with E-state index in [0.29, 0.717) is 12.8 Å². The summed E-state index contributed by atoms with van der Waals surface area (Å²) < 4.78 is 0. The molecule has 0 aliphatic carbocycles. The van der Waals surface area contributed by atoms with E-state index in [4.69, 9.17) is 15.4 Å². The fourth-order valence-electron chi connectivity index (χ4n) is 0.585. The second-order valence-corrected chi connectivity index (χ2v) is 1.85. The molecule has 0 unspecified atom stereocenters. The minimum Gasteiger partial charge on any atom is -0.396 e. The van der Waals surface area contributed by atoms with Gasteiger partial charge in [0, 0.05) is 19.3 Å². The third-order valence-electron chi connectivity index (χ3n) is 1.14. The van der Waals surface area contributed by atoms with Crippen molar-refractivity contribution in [2.45, 2.75) is 18.9 Å². The summed E-state index contributed by atoms with van der Waals surface area (Å²) >= 11 is 0. The normalized spacial score (nSPS) is 10.7. The van der Waals surface area contributed by atoms with Crippen LogP contribution < -0.4 is 5.48 Å². The number of rotatable bonds is 5. The Morgan fingerprint density at radius 2 is 1.56 bits per heavy atom. The number of hydroxylamine groups is 1. The summed E-state index contributed by atoms with van der Waals surface area (Å²) in [5.74, 6) is 0. The first-order chi connectivity index (χ1) is 4.35. The van der Waals surface area contributed by atoms with Crippen molar-refractivity contribution >= 4 is 0 Å². The van der Waals surface area contributed by atoms with Crippen molar-refractivity contribution in [3.63, 3.8) is 0 Å². The number of nitrogens with one attached hydrogen (secondary N) is 1. The van der Waals surface area contributed by atoms with E-state index in [1.165, 1.54) is 0 Å². The van der Waals surface area contributed by atoms with Crippen LogP contribution in [0.3, 0.4) is 0 Å². The fraction of sp³-hybridized carbons (Fsp3) is 1.00. The van der Waals surface area contributed by atoms with Crippen LogP contribution in [0.15, 0.2) is 0 Å². The lowest BCUT2D eigenvalue weighted by atomic mass is 10.2. The molecule has 0 aromatic rings. The van der Waals surface area contributed by atoms with Gasteiger partial charge >= 0.3 is 0 Å². The van der Waals surface area contributed by atoms with Crippen molar-refractivity contribution in [2.75, 3.05) is 13.2 Å². The zero-order valence-corrected chi connectivity index (χ0v) is 5.25. The largest absolute Gasteiger partial charge is 0.396 e. The van der Waals surface area contributed by atoms with Gasteiger partial charge in [-0.05, 0) is 12.8 Å². The molecule has 9 heavy (non-hydrogen) atoms. The second kappa shape index (κ2) is 5.97. The molecule has 4 heteroatoms. The molecule has 0 amide bonds. The number of aliphatic hydroxyl groups excluding tert-OH is 2. The van der Waals surface area contributed by atoms with Crippen molar-refractivity contribution in [1.29, 1.82) is 0 Å². The molecular formula is C5H13NO3. The molecule has 0 heterocycles. The maximum absolute atomic E-state index is 8.36. The van der Waals surface area contributed by atoms with Crippen LogP contribution in [-0.4, -0.2) is 34.7 Å². The van der Waals surface area contributed by atoms with E-state index in [2.05, 4.69) is 0 Å². The SMILES string of the molecule is OCCC(CCO)NO. The molecule has 4 N–H and O–H groups in total. The number of hydrogen-bond donors (Lipinski definition) is 4. The monoisotopic (exact) mass is 135 g/mol. The van der Waals surface area contributed by atoms with E-state index in [9.17, 15) is 0 Å². The van der Waals surface area contributed by atoms with Crippen molar-refractivity contribution < 1.29 is 15.4 Å². The Labute approximate surface area is 54.1 Å². The third kappa shape index (κ3) is 4.35. The Hall–Kier alpha value is -0.160. The Morgan fingerprint density at radius 1 is 1.11 bits per heavy atom. The zero-order valence-electron chi connectivity index (χ0n) is 5.25. The summed E-state index contributed by atoms with van der Waals surface area (Å²) in [6, 6.07) is -0.181. The van der Waals surface area contributed by atoms with Gasteiger partial charge in [0.05, 0.1) is 0 Å². The molecule has 0 bridgehead atoms. The van der Waals surface area contributed by atoms with E-state index in [-0.39, 0.29) is 19.3 Å². The Morgan fingerprint density at radius 3 is 1.78 bits per heavy atom. The van der Waals surface area contributed by atoms with Crippen molar-refractivity contribution in [3.05, 3.63) is 0 Å². The van der Waals surface area contributed by atoms with Gasteiger partial charge in [-0.15, -0.1) is 0 Å². The first-order valence-electron chi connectivity index (χ1n) is 2.96. The van der Waals surface area contributed by atoms with Crippen molar-refractivity contribution in [1.82, 2.24) is 5.48 Å². The standard InChI is InChI=1S/C5H13NO3/c7-3-1-5(6-9)2-4-8/h5-9H,1-4H2. The summed E-state index contributed by atoms with van der Waals surface area (Å²) in [6.45, 7) is 0.0520. The van der Waals surface area contributed by atoms with Gasteiger partial charge < -0.3 is 15.4 Å². The van der Waals surface area contributed by atoms with Crippen LogP contribution in [0, 0.1) is 0 Å². The molecule has 0 rings (SSSR count). The highest BCUT2D eigenvalue weighted by Crippen LogP contribution is 1.93. The number of aliphatic hydroxyl groups is 2. The van der Waals surface area contributed by atoms with E-state index in [1.807, 2.05) is 5.48 Å². The predicted molar refractivity (Wildman–Crippen MR) is 32.1 cm³/mol. The first-order valence-corrected chi connectivity index (χ1v) is 2.96. The average Bonchev–Trinajstić information content (AvgIpc) is 1.88. The smallest absolute Gasteiger partial charge is 0.0446 e.